The SMILES string of the molecule is CC1(C)c2ccccc2-c2ccc([Si](c3ccccc3)(c3cc(-c4ccccc4)cc(-c4ccccc4)c3)c3ccc4sc5ccccc5c4c3)cc21. The van der Waals surface area contributed by atoms with E-state index in [1.54, 1.807) is 0 Å². The minimum atomic E-state index is -3.01. The highest BCUT2D eigenvalue weighted by molar-refractivity contribution is 7.26. The second-order valence-corrected chi connectivity index (χ2v) is 19.8. The predicted octanol–water partition coefficient (Wildman–Crippen LogP) is 11.1. The molecule has 9 aromatic rings. The van der Waals surface area contributed by atoms with Crippen LogP contribution in [0.2, 0.25) is 0 Å². The van der Waals surface area contributed by atoms with E-state index in [9.17, 15) is 0 Å². The van der Waals surface area contributed by atoms with Gasteiger partial charge in [0.05, 0.1) is 0 Å². The molecule has 0 N–H and O–H groups in total. The molecule has 252 valence electrons. The Hall–Kier alpha value is -5.80. The average Bonchev–Trinajstić information content (AvgIpc) is 3.70. The van der Waals surface area contributed by atoms with E-state index in [1.165, 1.54) is 85.4 Å². The van der Waals surface area contributed by atoms with Gasteiger partial charge in [0.2, 0.25) is 0 Å². The highest BCUT2D eigenvalue weighted by Crippen LogP contribution is 2.48. The first-order chi connectivity index (χ1) is 26.0. The van der Waals surface area contributed by atoms with E-state index < -0.39 is 8.07 Å². The molecule has 0 bridgehead atoms. The van der Waals surface area contributed by atoms with Crippen molar-refractivity contribution in [3.05, 3.63) is 205 Å². The van der Waals surface area contributed by atoms with Crippen LogP contribution in [-0.4, -0.2) is 8.07 Å². The number of benzene rings is 8. The topological polar surface area (TPSA) is 0 Å². The van der Waals surface area contributed by atoms with Gasteiger partial charge in [-0.05, 0) is 83.5 Å². The normalized spacial score (nSPS) is 14.2. The van der Waals surface area contributed by atoms with Crippen LogP contribution in [0.1, 0.15) is 25.0 Å². The lowest BCUT2D eigenvalue weighted by atomic mass is 9.82. The summed E-state index contributed by atoms with van der Waals surface area (Å²) < 4.78 is 2.67. The van der Waals surface area contributed by atoms with Crippen molar-refractivity contribution in [2.24, 2.45) is 0 Å². The molecule has 0 saturated carbocycles. The second-order valence-electron chi connectivity index (χ2n) is 14.9. The molecule has 0 aliphatic heterocycles. The van der Waals surface area contributed by atoms with E-state index in [-0.39, 0.29) is 5.41 Å². The van der Waals surface area contributed by atoms with Gasteiger partial charge < -0.3 is 0 Å². The summed E-state index contributed by atoms with van der Waals surface area (Å²) in [5.41, 5.74) is 10.3. The van der Waals surface area contributed by atoms with Gasteiger partial charge in [0.15, 0.2) is 8.07 Å². The first-order valence-corrected chi connectivity index (χ1v) is 21.3. The van der Waals surface area contributed by atoms with Gasteiger partial charge in [0, 0.05) is 25.6 Å². The summed E-state index contributed by atoms with van der Waals surface area (Å²) in [5.74, 6) is 0. The van der Waals surface area contributed by atoms with Crippen molar-refractivity contribution in [3.63, 3.8) is 0 Å². The lowest BCUT2D eigenvalue weighted by molar-refractivity contribution is 0.661. The van der Waals surface area contributed by atoms with Gasteiger partial charge in [-0.2, -0.15) is 0 Å². The van der Waals surface area contributed by atoms with E-state index in [2.05, 4.69) is 208 Å². The van der Waals surface area contributed by atoms with Gasteiger partial charge in [-0.25, -0.2) is 0 Å². The van der Waals surface area contributed by atoms with Crippen molar-refractivity contribution in [1.82, 2.24) is 0 Å². The quantitative estimate of drug-likeness (QED) is 0.119. The van der Waals surface area contributed by atoms with E-state index >= 15 is 0 Å². The molecule has 53 heavy (non-hydrogen) atoms. The molecule has 1 unspecified atom stereocenters. The lowest BCUT2D eigenvalue weighted by Crippen LogP contribution is -2.74. The molecule has 1 aromatic heterocycles. The molecule has 0 fully saturated rings. The van der Waals surface area contributed by atoms with Gasteiger partial charge >= 0.3 is 0 Å². The first kappa shape index (κ1) is 31.9. The second kappa shape index (κ2) is 12.4. The Bertz CT molecular complexity index is 2740. The van der Waals surface area contributed by atoms with Crippen LogP contribution in [0.15, 0.2) is 194 Å². The van der Waals surface area contributed by atoms with E-state index in [0.717, 1.165) is 0 Å². The maximum Gasteiger partial charge on any atom is 0.179 e. The fourth-order valence-corrected chi connectivity index (χ4v) is 14.9. The molecule has 0 amide bonds. The lowest BCUT2D eigenvalue weighted by Gasteiger charge is -2.36. The van der Waals surface area contributed by atoms with Crippen LogP contribution in [0.5, 0.6) is 0 Å². The molecular formula is C51H38SSi. The number of fused-ring (bicyclic) bond motifs is 6. The monoisotopic (exact) mass is 710 g/mol. The van der Waals surface area contributed by atoms with Gasteiger partial charge in [-0.3, -0.25) is 0 Å². The average molecular weight is 711 g/mol. The smallest absolute Gasteiger partial charge is 0.135 e. The number of hydrogen-bond acceptors (Lipinski definition) is 1. The fraction of sp³-hybridized carbons (Fsp3) is 0.0588. The third-order valence-electron chi connectivity index (χ3n) is 11.6. The minimum absolute atomic E-state index is 0.118. The summed E-state index contributed by atoms with van der Waals surface area (Å²) in [6, 6.07) is 73.5. The molecule has 8 aromatic carbocycles. The molecule has 0 spiro atoms. The van der Waals surface area contributed by atoms with Crippen molar-refractivity contribution in [2.45, 2.75) is 19.3 Å². The zero-order valence-electron chi connectivity index (χ0n) is 29.9. The van der Waals surface area contributed by atoms with E-state index in [0.29, 0.717) is 0 Å². The number of hydrogen-bond donors (Lipinski definition) is 0. The van der Waals surface area contributed by atoms with E-state index in [1.807, 2.05) is 11.3 Å². The summed E-state index contributed by atoms with van der Waals surface area (Å²) in [6.07, 6.45) is 0. The highest BCUT2D eigenvalue weighted by Gasteiger charge is 2.44. The molecule has 0 radical (unpaired) electrons. The molecule has 1 aliphatic rings. The highest BCUT2D eigenvalue weighted by atomic mass is 32.1. The summed E-state index contributed by atoms with van der Waals surface area (Å²) >= 11 is 1.89. The van der Waals surface area contributed by atoms with Gasteiger partial charge in [0.1, 0.15) is 0 Å². The van der Waals surface area contributed by atoms with Crippen molar-refractivity contribution >= 4 is 60.3 Å². The Morgan fingerprint density at radius 2 is 0.906 bits per heavy atom. The molecular weight excluding hydrogens is 673 g/mol. The van der Waals surface area contributed by atoms with Crippen LogP contribution in [0.25, 0.3) is 53.6 Å². The van der Waals surface area contributed by atoms with Crippen LogP contribution >= 0.6 is 11.3 Å². The molecule has 1 aliphatic carbocycles. The van der Waals surface area contributed by atoms with Crippen LogP contribution in [0.3, 0.4) is 0 Å². The van der Waals surface area contributed by atoms with Crippen molar-refractivity contribution < 1.29 is 0 Å². The molecule has 0 saturated heterocycles. The maximum atomic E-state index is 2.60. The zero-order valence-corrected chi connectivity index (χ0v) is 31.7. The Morgan fingerprint density at radius 1 is 0.358 bits per heavy atom. The standard InChI is InChI=1S/C51H38SSi/c1-51(2)47-24-14-12-22-43(47)44-28-26-41(34-48(44)51)53(39-20-10-5-11-21-39,40-27-29-50-46(33-40)45-23-13-15-25-49(45)52-50)42-31-37(35-16-6-3-7-17-35)30-38(32-42)36-18-8-4-9-19-36/h3-34H,1-2H3. The van der Waals surface area contributed by atoms with Gasteiger partial charge in [-0.1, -0.05) is 190 Å². The van der Waals surface area contributed by atoms with Crippen molar-refractivity contribution in [2.75, 3.05) is 0 Å². The first-order valence-electron chi connectivity index (χ1n) is 18.5. The molecule has 2 heteroatoms. The Labute approximate surface area is 316 Å². The van der Waals surface area contributed by atoms with Crippen molar-refractivity contribution in [3.8, 4) is 33.4 Å². The van der Waals surface area contributed by atoms with Crippen LogP contribution in [0.4, 0.5) is 0 Å². The summed E-state index contributed by atoms with van der Waals surface area (Å²) in [4.78, 5) is 0. The van der Waals surface area contributed by atoms with E-state index in [4.69, 9.17) is 0 Å². The Kier molecular flexibility index (Phi) is 7.47. The number of rotatable bonds is 6. The molecule has 10 rings (SSSR count). The van der Waals surface area contributed by atoms with Crippen LogP contribution < -0.4 is 20.7 Å². The summed E-state index contributed by atoms with van der Waals surface area (Å²) in [7, 11) is -3.01. The summed E-state index contributed by atoms with van der Waals surface area (Å²) in [5, 5.41) is 8.25. The Morgan fingerprint density at radius 3 is 1.62 bits per heavy atom. The van der Waals surface area contributed by atoms with Gasteiger partial charge in [0.25, 0.3) is 0 Å². The Balaban J connectivity index is 1.35. The molecule has 1 atom stereocenters. The van der Waals surface area contributed by atoms with Crippen molar-refractivity contribution in [1.29, 1.82) is 0 Å². The number of thiophene rings is 1. The minimum Gasteiger partial charge on any atom is -0.135 e. The maximum absolute atomic E-state index is 3.01. The predicted molar refractivity (Wildman–Crippen MR) is 231 cm³/mol. The molecule has 1 heterocycles. The van der Waals surface area contributed by atoms with Crippen LogP contribution in [-0.2, 0) is 5.41 Å². The third kappa shape index (κ3) is 5.01. The summed E-state index contributed by atoms with van der Waals surface area (Å²) in [6.45, 7) is 4.81. The third-order valence-corrected chi connectivity index (χ3v) is 17.5. The van der Waals surface area contributed by atoms with Crippen LogP contribution in [0, 0.1) is 0 Å². The molecule has 0 nitrogen and oxygen atoms in total. The fourth-order valence-electron chi connectivity index (χ4n) is 9.02. The largest absolute Gasteiger partial charge is 0.179 e. The zero-order chi connectivity index (χ0) is 35.6. The van der Waals surface area contributed by atoms with Gasteiger partial charge in [-0.15, -0.1) is 11.3 Å².